The van der Waals surface area contributed by atoms with Crippen molar-refractivity contribution in [3.8, 4) is 0 Å². The summed E-state index contributed by atoms with van der Waals surface area (Å²) in [5.41, 5.74) is 3.32. The summed E-state index contributed by atoms with van der Waals surface area (Å²) in [4.78, 5) is 24.0. The van der Waals surface area contributed by atoms with Gasteiger partial charge in [-0.25, -0.2) is 4.79 Å². The fourth-order valence-corrected chi connectivity index (χ4v) is 2.13. The predicted octanol–water partition coefficient (Wildman–Crippen LogP) is 2.28. The molecule has 0 aliphatic rings. The third-order valence-corrected chi connectivity index (χ3v) is 3.51. The molecule has 2 aromatic rings. The molecule has 0 aliphatic heterocycles. The SMILES string of the molecule is Cc1cc(C)c(C(=O)COC(=O)c2cccc[n+]2[O-])cc1C. The van der Waals surface area contributed by atoms with Gasteiger partial charge >= 0.3 is 11.7 Å². The lowest BCUT2D eigenvalue weighted by atomic mass is 9.98. The Kier molecular flexibility index (Phi) is 4.56. The fourth-order valence-electron chi connectivity index (χ4n) is 2.13. The number of rotatable bonds is 4. The largest absolute Gasteiger partial charge is 0.618 e. The molecule has 1 heterocycles. The molecule has 0 radical (unpaired) electrons. The highest BCUT2D eigenvalue weighted by Gasteiger charge is 2.19. The number of carbonyl (C=O) groups is 2. The van der Waals surface area contributed by atoms with Gasteiger partial charge < -0.3 is 9.94 Å². The number of ketones is 1. The van der Waals surface area contributed by atoms with Crippen molar-refractivity contribution >= 4 is 11.8 Å². The van der Waals surface area contributed by atoms with Crippen molar-refractivity contribution in [2.24, 2.45) is 0 Å². The van der Waals surface area contributed by atoms with Gasteiger partial charge in [0.1, 0.15) is 0 Å². The third kappa shape index (κ3) is 3.31. The van der Waals surface area contributed by atoms with E-state index in [9.17, 15) is 14.8 Å². The molecule has 0 saturated heterocycles. The van der Waals surface area contributed by atoms with E-state index in [1.165, 1.54) is 18.3 Å². The first-order valence-electron chi connectivity index (χ1n) is 6.86. The number of aromatic nitrogens is 1. The first-order valence-corrected chi connectivity index (χ1v) is 6.86. The van der Waals surface area contributed by atoms with E-state index in [1.807, 2.05) is 26.8 Å². The molecule has 0 bridgehead atoms. The lowest BCUT2D eigenvalue weighted by molar-refractivity contribution is -0.608. The second kappa shape index (κ2) is 6.39. The number of aryl methyl sites for hydroxylation is 3. The molecule has 0 spiro atoms. The lowest BCUT2D eigenvalue weighted by Crippen LogP contribution is -2.35. The van der Waals surface area contributed by atoms with Gasteiger partial charge in [-0.15, -0.1) is 0 Å². The van der Waals surface area contributed by atoms with E-state index in [1.54, 1.807) is 12.1 Å². The molecule has 0 amide bonds. The quantitative estimate of drug-likeness (QED) is 0.376. The molecule has 0 atom stereocenters. The van der Waals surface area contributed by atoms with Crippen LogP contribution in [0.15, 0.2) is 36.5 Å². The molecule has 1 aromatic heterocycles. The number of ether oxygens (including phenoxy) is 1. The van der Waals surface area contributed by atoms with E-state index in [4.69, 9.17) is 4.74 Å². The van der Waals surface area contributed by atoms with Crippen molar-refractivity contribution in [3.63, 3.8) is 0 Å². The summed E-state index contributed by atoms with van der Waals surface area (Å²) in [6.07, 6.45) is 1.20. The second-order valence-corrected chi connectivity index (χ2v) is 5.16. The number of hydrogen-bond donors (Lipinski definition) is 0. The Hall–Kier alpha value is -2.69. The molecule has 114 valence electrons. The molecular formula is C17H17NO4. The van der Waals surface area contributed by atoms with Crippen LogP contribution in [0, 0.1) is 26.0 Å². The summed E-state index contributed by atoms with van der Waals surface area (Å²) in [6.45, 7) is 5.34. The number of esters is 1. The highest BCUT2D eigenvalue weighted by Crippen LogP contribution is 2.16. The zero-order valence-corrected chi connectivity index (χ0v) is 12.8. The monoisotopic (exact) mass is 299 g/mol. The Morgan fingerprint density at radius 1 is 1.09 bits per heavy atom. The predicted molar refractivity (Wildman–Crippen MR) is 80.7 cm³/mol. The Bertz CT molecular complexity index is 737. The molecule has 0 aliphatic carbocycles. The van der Waals surface area contributed by atoms with Crippen molar-refractivity contribution in [2.75, 3.05) is 6.61 Å². The van der Waals surface area contributed by atoms with Crippen molar-refractivity contribution in [2.45, 2.75) is 20.8 Å². The molecular weight excluding hydrogens is 282 g/mol. The maximum absolute atomic E-state index is 12.2. The minimum Gasteiger partial charge on any atom is -0.618 e. The minimum atomic E-state index is -0.814. The lowest BCUT2D eigenvalue weighted by Gasteiger charge is -2.09. The van der Waals surface area contributed by atoms with E-state index in [0.29, 0.717) is 10.3 Å². The Morgan fingerprint density at radius 2 is 1.77 bits per heavy atom. The van der Waals surface area contributed by atoms with Crippen LogP contribution in [-0.2, 0) is 4.74 Å². The highest BCUT2D eigenvalue weighted by atomic mass is 16.5. The fraction of sp³-hybridized carbons (Fsp3) is 0.235. The van der Waals surface area contributed by atoms with Gasteiger partial charge in [0.25, 0.3) is 0 Å². The van der Waals surface area contributed by atoms with Crippen LogP contribution >= 0.6 is 0 Å². The minimum absolute atomic E-state index is 0.146. The molecule has 5 nitrogen and oxygen atoms in total. The zero-order valence-electron chi connectivity index (χ0n) is 12.8. The van der Waals surface area contributed by atoms with E-state index >= 15 is 0 Å². The summed E-state index contributed by atoms with van der Waals surface area (Å²) in [6, 6.07) is 8.12. The number of carbonyl (C=O) groups excluding carboxylic acids is 2. The topological polar surface area (TPSA) is 70.3 Å². The molecule has 22 heavy (non-hydrogen) atoms. The second-order valence-electron chi connectivity index (χ2n) is 5.16. The molecule has 1 aromatic carbocycles. The maximum Gasteiger partial charge on any atom is 0.405 e. The van der Waals surface area contributed by atoms with Crippen molar-refractivity contribution in [1.82, 2.24) is 0 Å². The number of benzene rings is 1. The van der Waals surface area contributed by atoms with E-state index < -0.39 is 12.6 Å². The number of nitrogens with zero attached hydrogens (tertiary/aromatic N) is 1. The summed E-state index contributed by atoms with van der Waals surface area (Å²) >= 11 is 0. The van der Waals surface area contributed by atoms with Gasteiger partial charge in [0, 0.05) is 17.7 Å². The van der Waals surface area contributed by atoms with E-state index in [2.05, 4.69) is 0 Å². The van der Waals surface area contributed by atoms with Crippen LogP contribution in [0.25, 0.3) is 0 Å². The number of pyridine rings is 1. The Labute approximate surface area is 128 Å². The standard InChI is InChI=1S/C17H17NO4/c1-11-8-13(3)14(9-12(11)2)16(19)10-22-17(20)15-6-4-5-7-18(15)21/h4-9H,10H2,1-3H3. The number of hydrogen-bond acceptors (Lipinski definition) is 4. The van der Waals surface area contributed by atoms with Crippen LogP contribution in [0.1, 0.15) is 37.5 Å². The van der Waals surface area contributed by atoms with Crippen LogP contribution < -0.4 is 4.73 Å². The number of Topliss-reactive ketones (excluding diaryl/α,β-unsaturated/α-hetero) is 1. The first kappa shape index (κ1) is 15.7. The molecule has 5 heteroatoms. The third-order valence-electron chi connectivity index (χ3n) is 3.51. The maximum atomic E-state index is 12.2. The van der Waals surface area contributed by atoms with Crippen molar-refractivity contribution < 1.29 is 19.1 Å². The highest BCUT2D eigenvalue weighted by molar-refractivity contribution is 6.00. The zero-order chi connectivity index (χ0) is 16.3. The van der Waals surface area contributed by atoms with Crippen LogP contribution in [0.2, 0.25) is 0 Å². The van der Waals surface area contributed by atoms with Gasteiger partial charge in [-0.1, -0.05) is 6.07 Å². The van der Waals surface area contributed by atoms with Gasteiger partial charge in [-0.05, 0) is 49.6 Å². The average Bonchev–Trinajstić information content (AvgIpc) is 2.48. The van der Waals surface area contributed by atoms with Crippen molar-refractivity contribution in [1.29, 1.82) is 0 Å². The van der Waals surface area contributed by atoms with Gasteiger partial charge in [0.05, 0.1) is 0 Å². The van der Waals surface area contributed by atoms with E-state index in [-0.39, 0.29) is 11.5 Å². The smallest absolute Gasteiger partial charge is 0.405 e. The van der Waals surface area contributed by atoms with Gasteiger partial charge in [-0.2, -0.15) is 4.73 Å². The van der Waals surface area contributed by atoms with Crippen molar-refractivity contribution in [3.05, 3.63) is 69.7 Å². The van der Waals surface area contributed by atoms with E-state index in [0.717, 1.165) is 16.7 Å². The van der Waals surface area contributed by atoms with Crippen LogP contribution in [0.5, 0.6) is 0 Å². The summed E-state index contributed by atoms with van der Waals surface area (Å²) < 4.78 is 5.35. The normalized spacial score (nSPS) is 10.3. The van der Waals surface area contributed by atoms with Crippen LogP contribution in [0.3, 0.4) is 0 Å². The Morgan fingerprint density at radius 3 is 2.45 bits per heavy atom. The first-order chi connectivity index (χ1) is 10.4. The molecule has 0 unspecified atom stereocenters. The van der Waals surface area contributed by atoms with Crippen LogP contribution in [0.4, 0.5) is 0 Å². The summed E-state index contributed by atoms with van der Waals surface area (Å²) in [5, 5.41) is 11.4. The summed E-state index contributed by atoms with van der Waals surface area (Å²) in [5.74, 6) is -1.10. The van der Waals surface area contributed by atoms with Gasteiger partial charge in [0.15, 0.2) is 12.8 Å². The molecule has 2 rings (SSSR count). The Balaban J connectivity index is 2.09. The molecule has 0 saturated carbocycles. The van der Waals surface area contributed by atoms with Crippen LogP contribution in [-0.4, -0.2) is 18.4 Å². The van der Waals surface area contributed by atoms with Gasteiger partial charge in [0.2, 0.25) is 5.78 Å². The summed E-state index contributed by atoms with van der Waals surface area (Å²) in [7, 11) is 0. The van der Waals surface area contributed by atoms with Gasteiger partial charge in [-0.3, -0.25) is 4.79 Å². The average molecular weight is 299 g/mol. The molecule has 0 N–H and O–H groups in total. The molecule has 0 fully saturated rings.